The van der Waals surface area contributed by atoms with Gasteiger partial charge in [0.25, 0.3) is 0 Å². The number of rotatable bonds is 1. The van der Waals surface area contributed by atoms with E-state index < -0.39 is 10.7 Å². The number of nitrogens with zero attached hydrogens (tertiary/aromatic N) is 1. The van der Waals surface area contributed by atoms with Gasteiger partial charge in [-0.25, -0.2) is 0 Å². The Bertz CT molecular complexity index is 208. The molecule has 1 rings (SSSR count). The first kappa shape index (κ1) is 12.6. The third kappa shape index (κ3) is 2.81. The van der Waals surface area contributed by atoms with Crippen LogP contribution in [0.15, 0.2) is 0 Å². The Morgan fingerprint density at radius 1 is 1.25 bits per heavy atom. The van der Waals surface area contributed by atoms with Crippen molar-refractivity contribution in [2.24, 2.45) is 0 Å². The number of hydrogen-bond acceptors (Lipinski definition) is 4. The molecule has 0 atom stereocenters. The van der Waals surface area contributed by atoms with E-state index in [9.17, 15) is 8.42 Å². The average Bonchev–Trinajstić information content (AvgIpc) is 1.51. The quantitative estimate of drug-likeness (QED) is 0.647. The van der Waals surface area contributed by atoms with Gasteiger partial charge in [0, 0.05) is 26.0 Å². The fourth-order valence-corrected chi connectivity index (χ4v) is 1.71. The van der Waals surface area contributed by atoms with E-state index in [1.165, 1.54) is 0 Å². The minimum Gasteiger partial charge on any atom is -0.424 e. The second-order valence-corrected chi connectivity index (χ2v) is 5.15. The summed E-state index contributed by atoms with van der Waals surface area (Å²) < 4.78 is 20.9. The summed E-state index contributed by atoms with van der Waals surface area (Å²) in [6, 6.07) is 0. The van der Waals surface area contributed by atoms with Crippen LogP contribution < -0.4 is 0 Å². The van der Waals surface area contributed by atoms with E-state index in [0.29, 0.717) is 13.1 Å². The molecule has 1 aliphatic rings. The van der Waals surface area contributed by atoms with Crippen molar-refractivity contribution in [1.29, 1.82) is 0 Å². The SMILES string of the molecule is CC(C)(C)N1CC([S-](=O)=O)C1.[Re]. The molecule has 5 heteroatoms. The van der Waals surface area contributed by atoms with Crippen molar-refractivity contribution in [3.05, 3.63) is 0 Å². The van der Waals surface area contributed by atoms with Crippen LogP contribution in [-0.4, -0.2) is 28.8 Å². The maximum atomic E-state index is 10.4. The molecule has 1 aliphatic heterocycles. The smallest absolute Gasteiger partial charge is 0.0123 e. The molecule has 3 nitrogen and oxygen atoms in total. The molecule has 0 amide bonds. The molecule has 1 heterocycles. The van der Waals surface area contributed by atoms with E-state index in [0.717, 1.165) is 0 Å². The molecule has 0 aromatic carbocycles. The average molecular weight is 362 g/mol. The zero-order valence-corrected chi connectivity index (χ0v) is 11.1. The van der Waals surface area contributed by atoms with Gasteiger partial charge in [-0.2, -0.15) is 0 Å². The molecule has 0 aromatic rings. The van der Waals surface area contributed by atoms with Gasteiger partial charge in [0.1, 0.15) is 0 Å². The van der Waals surface area contributed by atoms with Gasteiger partial charge in [-0.05, 0) is 39.1 Å². The summed E-state index contributed by atoms with van der Waals surface area (Å²) in [5.41, 5.74) is 0.121. The van der Waals surface area contributed by atoms with Crippen molar-refractivity contribution < 1.29 is 28.8 Å². The van der Waals surface area contributed by atoms with E-state index in [-0.39, 0.29) is 31.2 Å². The molecule has 73 valence electrons. The maximum absolute atomic E-state index is 10.4. The van der Waals surface area contributed by atoms with Crippen LogP contribution in [0.2, 0.25) is 0 Å². The zero-order chi connectivity index (χ0) is 8.65. The number of likely N-dealkylation sites (tertiary alicyclic amines) is 1. The Morgan fingerprint density at radius 2 is 1.67 bits per heavy atom. The maximum Gasteiger partial charge on any atom is 0.0123 e. The van der Waals surface area contributed by atoms with Gasteiger partial charge in [-0.3, -0.25) is 0 Å². The Hall–Kier alpha value is 0.572. The molecule has 0 N–H and O–H groups in total. The predicted molar refractivity (Wildman–Crippen MR) is 43.9 cm³/mol. The Kier molecular flexibility index (Phi) is 4.39. The summed E-state index contributed by atoms with van der Waals surface area (Å²) >= 11 is 0. The van der Waals surface area contributed by atoms with Crippen LogP contribution in [0.5, 0.6) is 0 Å². The summed E-state index contributed by atoms with van der Waals surface area (Å²) in [5.74, 6) is 0. The van der Waals surface area contributed by atoms with Crippen LogP contribution in [0.25, 0.3) is 0 Å². The van der Waals surface area contributed by atoms with Crippen molar-refractivity contribution in [2.45, 2.75) is 31.6 Å². The number of hydrogen-bond donors (Lipinski definition) is 0. The van der Waals surface area contributed by atoms with E-state index >= 15 is 0 Å². The van der Waals surface area contributed by atoms with E-state index in [1.54, 1.807) is 0 Å². The normalized spacial score (nSPS) is 20.3. The molecule has 12 heavy (non-hydrogen) atoms. The summed E-state index contributed by atoms with van der Waals surface area (Å²) in [6.07, 6.45) is 0. The van der Waals surface area contributed by atoms with Gasteiger partial charge in [0.15, 0.2) is 0 Å². The molecule has 0 unspecified atom stereocenters. The first-order valence-electron chi connectivity index (χ1n) is 3.74. The van der Waals surface area contributed by atoms with Crippen LogP contribution in [0.3, 0.4) is 0 Å². The first-order chi connectivity index (χ1) is 4.91. The summed E-state index contributed by atoms with van der Waals surface area (Å²) in [6.45, 7) is 7.67. The molecular formula is C7H14NO2ReS-. The minimum atomic E-state index is -1.87. The predicted octanol–water partition coefficient (Wildman–Crippen LogP) is 0.776. The zero-order valence-electron chi connectivity index (χ0n) is 7.54. The third-order valence-electron chi connectivity index (χ3n) is 2.07. The Balaban J connectivity index is 0.00000121. The first-order valence-corrected chi connectivity index (χ1v) is 4.88. The van der Waals surface area contributed by atoms with Gasteiger partial charge >= 0.3 is 0 Å². The van der Waals surface area contributed by atoms with Crippen LogP contribution in [0.4, 0.5) is 0 Å². The fourth-order valence-electron chi connectivity index (χ4n) is 1.11. The molecule has 0 aromatic heterocycles. The van der Waals surface area contributed by atoms with Gasteiger partial charge in [0.2, 0.25) is 0 Å². The van der Waals surface area contributed by atoms with Crippen LogP contribution in [-0.2, 0) is 39.5 Å². The van der Waals surface area contributed by atoms with Crippen molar-refractivity contribution in [3.8, 4) is 0 Å². The van der Waals surface area contributed by atoms with Crippen molar-refractivity contribution >= 4 is 10.7 Å². The van der Waals surface area contributed by atoms with Gasteiger partial charge in [0.05, 0.1) is 0 Å². The topological polar surface area (TPSA) is 37.4 Å². The second kappa shape index (κ2) is 4.19. The van der Waals surface area contributed by atoms with Crippen LogP contribution in [0.1, 0.15) is 20.8 Å². The monoisotopic (exact) mass is 363 g/mol. The summed E-state index contributed by atoms with van der Waals surface area (Å²) in [4.78, 5) is 2.16. The van der Waals surface area contributed by atoms with Crippen LogP contribution in [0, 0.1) is 0 Å². The van der Waals surface area contributed by atoms with Gasteiger partial charge in [-0.15, -0.1) is 0 Å². The minimum absolute atomic E-state index is 0. The molecular weight excluding hydrogens is 348 g/mol. The molecule has 0 bridgehead atoms. The van der Waals surface area contributed by atoms with Gasteiger partial charge < -0.3 is 13.3 Å². The van der Waals surface area contributed by atoms with E-state index in [2.05, 4.69) is 25.7 Å². The molecule has 0 saturated carbocycles. The fraction of sp³-hybridized carbons (Fsp3) is 1.00. The molecule has 0 aliphatic carbocycles. The molecule has 1 saturated heterocycles. The van der Waals surface area contributed by atoms with E-state index in [1.807, 2.05) is 0 Å². The third-order valence-corrected chi connectivity index (χ3v) is 2.91. The largest absolute Gasteiger partial charge is 0.424 e. The van der Waals surface area contributed by atoms with Crippen molar-refractivity contribution in [3.63, 3.8) is 0 Å². The van der Waals surface area contributed by atoms with Crippen molar-refractivity contribution in [2.75, 3.05) is 13.1 Å². The Morgan fingerprint density at radius 3 is 1.92 bits per heavy atom. The Labute approximate surface area is 89.1 Å². The molecule has 1 fully saturated rings. The van der Waals surface area contributed by atoms with Crippen LogP contribution >= 0.6 is 0 Å². The molecule has 0 spiro atoms. The van der Waals surface area contributed by atoms with E-state index in [4.69, 9.17) is 0 Å². The summed E-state index contributed by atoms with van der Waals surface area (Å²) in [7, 11) is -1.87. The standard InChI is InChI=1S/C7H14NO2S.Re/c1-7(2,3)8-4-6(5-8)11(9)10;/h6H,4-5H2,1-3H3;/q-1;. The van der Waals surface area contributed by atoms with Crippen molar-refractivity contribution in [1.82, 2.24) is 4.90 Å². The molecule has 1 radical (unpaired) electrons. The summed E-state index contributed by atoms with van der Waals surface area (Å²) in [5, 5.41) is -0.130. The van der Waals surface area contributed by atoms with Gasteiger partial charge in [-0.1, -0.05) is 10.7 Å². The second-order valence-electron chi connectivity index (χ2n) is 3.96.